The number of imidazole rings is 1. The summed E-state index contributed by atoms with van der Waals surface area (Å²) in [6.45, 7) is 1.04. The van der Waals surface area contributed by atoms with E-state index in [2.05, 4.69) is 4.98 Å². The maximum Gasteiger partial charge on any atom is 0.335 e. The van der Waals surface area contributed by atoms with Crippen LogP contribution in [-0.4, -0.2) is 27.2 Å². The number of aromatic nitrogens is 2. The Morgan fingerprint density at radius 3 is 2.88 bits per heavy atom. The second-order valence-corrected chi connectivity index (χ2v) is 3.76. The lowest BCUT2D eigenvalue weighted by Crippen LogP contribution is -2.18. The lowest BCUT2D eigenvalue weighted by molar-refractivity contribution is 0.0697. The van der Waals surface area contributed by atoms with Crippen LogP contribution in [0.4, 0.5) is 0 Å². The van der Waals surface area contributed by atoms with Crippen molar-refractivity contribution in [3.8, 4) is 0 Å². The summed E-state index contributed by atoms with van der Waals surface area (Å²) in [4.78, 5) is 25.1. The molecule has 0 aliphatic rings. The molecule has 0 saturated carbocycles. The van der Waals surface area contributed by atoms with Crippen molar-refractivity contribution in [3.63, 3.8) is 0 Å². The van der Waals surface area contributed by atoms with Gasteiger partial charge < -0.3 is 15.8 Å². The summed E-state index contributed by atoms with van der Waals surface area (Å²) in [5.41, 5.74) is 6.55. The highest BCUT2D eigenvalue weighted by Gasteiger charge is 2.09. The summed E-state index contributed by atoms with van der Waals surface area (Å²) in [5, 5.41) is 8.85. The van der Waals surface area contributed by atoms with Gasteiger partial charge in [0.05, 0.1) is 16.6 Å². The van der Waals surface area contributed by atoms with Crippen LogP contribution in [0.5, 0.6) is 0 Å². The molecule has 6 nitrogen and oxygen atoms in total. The van der Waals surface area contributed by atoms with Gasteiger partial charge in [-0.3, -0.25) is 4.57 Å². The van der Waals surface area contributed by atoms with Gasteiger partial charge in [-0.25, -0.2) is 9.59 Å². The Balaban J connectivity index is 2.52. The van der Waals surface area contributed by atoms with E-state index >= 15 is 0 Å². The zero-order valence-electron chi connectivity index (χ0n) is 9.14. The number of nitrogens with two attached hydrogens (primary N) is 1. The van der Waals surface area contributed by atoms with Crippen LogP contribution in [0.1, 0.15) is 16.8 Å². The van der Waals surface area contributed by atoms with Crippen LogP contribution in [0.25, 0.3) is 11.0 Å². The third kappa shape index (κ3) is 2.07. The topological polar surface area (TPSA) is 101 Å². The summed E-state index contributed by atoms with van der Waals surface area (Å²) in [5.74, 6) is -1.01. The molecule has 0 atom stereocenters. The van der Waals surface area contributed by atoms with Crippen LogP contribution in [0, 0.1) is 0 Å². The molecule has 2 aromatic rings. The molecule has 0 unspecified atom stereocenters. The van der Waals surface area contributed by atoms with Gasteiger partial charge in [-0.1, -0.05) is 0 Å². The number of H-pyrrole nitrogens is 1. The standard InChI is InChI=1S/C11H13N3O3/c12-4-1-5-14-9-3-2-7(10(15)16)6-8(9)13-11(14)17/h2-3,6H,1,4-5,12H2,(H,13,17)(H,15,16). The van der Waals surface area contributed by atoms with Crippen molar-refractivity contribution in [2.24, 2.45) is 5.73 Å². The summed E-state index contributed by atoms with van der Waals surface area (Å²) in [7, 11) is 0. The minimum Gasteiger partial charge on any atom is -0.478 e. The zero-order chi connectivity index (χ0) is 12.4. The van der Waals surface area contributed by atoms with Crippen molar-refractivity contribution in [3.05, 3.63) is 34.2 Å². The Morgan fingerprint density at radius 2 is 2.24 bits per heavy atom. The van der Waals surface area contributed by atoms with Crippen molar-refractivity contribution in [1.29, 1.82) is 0 Å². The van der Waals surface area contributed by atoms with Crippen molar-refractivity contribution in [1.82, 2.24) is 9.55 Å². The number of fused-ring (bicyclic) bond motifs is 1. The van der Waals surface area contributed by atoms with Crippen LogP contribution < -0.4 is 11.4 Å². The van der Waals surface area contributed by atoms with E-state index in [9.17, 15) is 9.59 Å². The fourth-order valence-electron chi connectivity index (χ4n) is 1.77. The number of carbonyl (C=O) groups is 1. The molecule has 6 heteroatoms. The number of hydrogen-bond donors (Lipinski definition) is 3. The fourth-order valence-corrected chi connectivity index (χ4v) is 1.77. The molecule has 0 fully saturated rings. The fraction of sp³-hybridized carbons (Fsp3) is 0.273. The van der Waals surface area contributed by atoms with Crippen LogP contribution in [0.15, 0.2) is 23.0 Å². The van der Waals surface area contributed by atoms with E-state index in [1.54, 1.807) is 10.6 Å². The van der Waals surface area contributed by atoms with Crippen LogP contribution in [0.2, 0.25) is 0 Å². The molecule has 0 bridgehead atoms. The Bertz CT molecular complexity index is 612. The number of benzene rings is 1. The van der Waals surface area contributed by atoms with E-state index in [0.29, 0.717) is 30.5 Å². The minimum absolute atomic E-state index is 0.157. The molecule has 0 aliphatic heterocycles. The molecule has 0 aliphatic carbocycles. The van der Waals surface area contributed by atoms with Gasteiger partial charge in [-0.05, 0) is 31.2 Å². The molecule has 0 amide bonds. The van der Waals surface area contributed by atoms with Crippen molar-refractivity contribution < 1.29 is 9.90 Å². The molecule has 1 aromatic heterocycles. The quantitative estimate of drug-likeness (QED) is 0.712. The summed E-state index contributed by atoms with van der Waals surface area (Å²) < 4.78 is 1.56. The van der Waals surface area contributed by atoms with Crippen molar-refractivity contribution >= 4 is 17.0 Å². The lowest BCUT2D eigenvalue weighted by Gasteiger charge is -2.01. The molecule has 90 valence electrons. The Morgan fingerprint density at radius 1 is 1.47 bits per heavy atom. The molecule has 17 heavy (non-hydrogen) atoms. The van der Waals surface area contributed by atoms with Gasteiger partial charge in [0.2, 0.25) is 0 Å². The SMILES string of the molecule is NCCCn1c(=O)[nH]c2cc(C(=O)O)ccc21. The first kappa shape index (κ1) is 11.4. The molecule has 0 radical (unpaired) electrons. The van der Waals surface area contributed by atoms with Crippen molar-refractivity contribution in [2.75, 3.05) is 6.54 Å². The second-order valence-electron chi connectivity index (χ2n) is 3.76. The predicted molar refractivity (Wildman–Crippen MR) is 63.2 cm³/mol. The number of nitrogens with one attached hydrogen (secondary N) is 1. The number of rotatable bonds is 4. The van der Waals surface area contributed by atoms with Gasteiger partial charge in [0, 0.05) is 6.54 Å². The first-order valence-electron chi connectivity index (χ1n) is 5.29. The Hall–Kier alpha value is -2.08. The molecule has 4 N–H and O–H groups in total. The number of carboxylic acid groups (broad SMARTS) is 1. The first-order chi connectivity index (χ1) is 8.13. The van der Waals surface area contributed by atoms with E-state index in [-0.39, 0.29) is 11.3 Å². The van der Waals surface area contributed by atoms with Gasteiger partial charge in [-0.2, -0.15) is 0 Å². The van der Waals surface area contributed by atoms with Crippen LogP contribution >= 0.6 is 0 Å². The molecule has 0 spiro atoms. The molecule has 1 heterocycles. The van der Waals surface area contributed by atoms with E-state index < -0.39 is 5.97 Å². The highest BCUT2D eigenvalue weighted by atomic mass is 16.4. The number of hydrogen-bond acceptors (Lipinski definition) is 3. The van der Waals surface area contributed by atoms with E-state index in [1.807, 2.05) is 0 Å². The van der Waals surface area contributed by atoms with E-state index in [0.717, 1.165) is 0 Å². The Labute approximate surface area is 96.7 Å². The molecule has 1 aromatic carbocycles. The minimum atomic E-state index is -1.01. The second kappa shape index (κ2) is 4.42. The number of aryl methyl sites for hydroxylation is 1. The molecular weight excluding hydrogens is 222 g/mol. The largest absolute Gasteiger partial charge is 0.478 e. The molecule has 2 rings (SSSR count). The van der Waals surface area contributed by atoms with Gasteiger partial charge in [0.15, 0.2) is 0 Å². The Kier molecular flexibility index (Phi) is 2.97. The van der Waals surface area contributed by atoms with Gasteiger partial charge in [-0.15, -0.1) is 0 Å². The molecular formula is C11H13N3O3. The number of aromatic amines is 1. The first-order valence-corrected chi connectivity index (χ1v) is 5.29. The smallest absolute Gasteiger partial charge is 0.335 e. The van der Waals surface area contributed by atoms with E-state index in [1.165, 1.54) is 12.1 Å². The van der Waals surface area contributed by atoms with Gasteiger partial charge in [0.1, 0.15) is 0 Å². The highest BCUT2D eigenvalue weighted by Crippen LogP contribution is 2.13. The maximum absolute atomic E-state index is 11.6. The number of nitrogens with zero attached hydrogens (tertiary/aromatic N) is 1. The van der Waals surface area contributed by atoms with Gasteiger partial charge >= 0.3 is 11.7 Å². The van der Waals surface area contributed by atoms with Crippen LogP contribution in [0.3, 0.4) is 0 Å². The summed E-state index contributed by atoms with van der Waals surface area (Å²) in [6, 6.07) is 4.57. The van der Waals surface area contributed by atoms with Crippen molar-refractivity contribution in [2.45, 2.75) is 13.0 Å². The third-order valence-corrected chi connectivity index (χ3v) is 2.61. The maximum atomic E-state index is 11.6. The number of aromatic carboxylic acids is 1. The predicted octanol–water partition coefficient (Wildman–Crippen LogP) is 0.377. The summed E-state index contributed by atoms with van der Waals surface area (Å²) >= 11 is 0. The highest BCUT2D eigenvalue weighted by molar-refractivity contribution is 5.92. The van der Waals surface area contributed by atoms with Crippen LogP contribution in [-0.2, 0) is 6.54 Å². The lowest BCUT2D eigenvalue weighted by atomic mass is 10.2. The van der Waals surface area contributed by atoms with E-state index in [4.69, 9.17) is 10.8 Å². The third-order valence-electron chi connectivity index (χ3n) is 2.61. The molecule has 0 saturated heterocycles. The number of carboxylic acids is 1. The monoisotopic (exact) mass is 235 g/mol. The normalized spacial score (nSPS) is 10.9. The average molecular weight is 235 g/mol. The zero-order valence-corrected chi connectivity index (χ0v) is 9.14. The summed E-state index contributed by atoms with van der Waals surface area (Å²) in [6.07, 6.45) is 0.702. The average Bonchev–Trinajstić information content (AvgIpc) is 2.61. The van der Waals surface area contributed by atoms with Gasteiger partial charge in [0.25, 0.3) is 0 Å².